The summed E-state index contributed by atoms with van der Waals surface area (Å²) in [6.45, 7) is 2.93. The lowest BCUT2D eigenvalue weighted by molar-refractivity contribution is -0.129. The van der Waals surface area contributed by atoms with Gasteiger partial charge >= 0.3 is 0 Å². The van der Waals surface area contributed by atoms with Crippen molar-refractivity contribution in [2.45, 2.75) is 12.5 Å². The Bertz CT molecular complexity index is 394. The zero-order valence-electron chi connectivity index (χ0n) is 8.51. The first-order chi connectivity index (χ1) is 7.14. The fourth-order valence-corrected chi connectivity index (χ4v) is 1.83. The molecule has 0 radical (unpaired) electrons. The molecule has 1 aromatic carbocycles. The van der Waals surface area contributed by atoms with E-state index in [1.54, 1.807) is 25.1 Å². The molecule has 1 amide bonds. The summed E-state index contributed by atoms with van der Waals surface area (Å²) in [5.41, 5.74) is -0.564. The number of rotatable bonds is 1. The Morgan fingerprint density at radius 1 is 1.33 bits per heavy atom. The molecule has 1 aliphatic heterocycles. The van der Waals surface area contributed by atoms with E-state index in [0.29, 0.717) is 18.7 Å². The summed E-state index contributed by atoms with van der Waals surface area (Å²) < 4.78 is 13.6. The van der Waals surface area contributed by atoms with Crippen LogP contribution in [0.5, 0.6) is 0 Å². The molecule has 2 rings (SSSR count). The first kappa shape index (κ1) is 10.1. The topological polar surface area (TPSA) is 41.1 Å². The van der Waals surface area contributed by atoms with Gasteiger partial charge in [0.2, 0.25) is 5.91 Å². The van der Waals surface area contributed by atoms with E-state index in [-0.39, 0.29) is 11.7 Å². The highest BCUT2D eigenvalue weighted by atomic mass is 19.1. The first-order valence-electron chi connectivity index (χ1n) is 4.93. The fourth-order valence-electron chi connectivity index (χ4n) is 1.83. The SMILES string of the molecule is CC1(c2ccccc2F)NCCNC1=O. The molecule has 1 heterocycles. The number of nitrogens with one attached hydrogen (secondary N) is 2. The van der Waals surface area contributed by atoms with Crippen molar-refractivity contribution in [1.82, 2.24) is 10.6 Å². The van der Waals surface area contributed by atoms with Crippen LogP contribution in [0.4, 0.5) is 4.39 Å². The van der Waals surface area contributed by atoms with E-state index in [0.717, 1.165) is 0 Å². The van der Waals surface area contributed by atoms with Crippen molar-refractivity contribution in [3.8, 4) is 0 Å². The molecule has 15 heavy (non-hydrogen) atoms. The molecule has 1 saturated heterocycles. The summed E-state index contributed by atoms with van der Waals surface area (Å²) in [6.07, 6.45) is 0. The Morgan fingerprint density at radius 2 is 2.07 bits per heavy atom. The molecule has 1 aliphatic rings. The lowest BCUT2D eigenvalue weighted by Crippen LogP contribution is -2.59. The van der Waals surface area contributed by atoms with Gasteiger partial charge in [0.25, 0.3) is 0 Å². The summed E-state index contributed by atoms with van der Waals surface area (Å²) in [7, 11) is 0. The Labute approximate surface area is 87.7 Å². The van der Waals surface area contributed by atoms with Crippen molar-refractivity contribution in [2.24, 2.45) is 0 Å². The van der Waals surface area contributed by atoms with E-state index < -0.39 is 5.54 Å². The molecule has 4 heteroatoms. The largest absolute Gasteiger partial charge is 0.353 e. The van der Waals surface area contributed by atoms with Gasteiger partial charge < -0.3 is 5.32 Å². The maximum absolute atomic E-state index is 13.6. The second-order valence-electron chi connectivity index (χ2n) is 3.79. The average molecular weight is 208 g/mol. The highest BCUT2D eigenvalue weighted by molar-refractivity contribution is 5.88. The van der Waals surface area contributed by atoms with Crippen LogP contribution in [0.3, 0.4) is 0 Å². The first-order valence-corrected chi connectivity index (χ1v) is 4.93. The summed E-state index contributed by atoms with van der Waals surface area (Å²) >= 11 is 0. The second-order valence-corrected chi connectivity index (χ2v) is 3.79. The van der Waals surface area contributed by atoms with Gasteiger partial charge in [-0.25, -0.2) is 4.39 Å². The van der Waals surface area contributed by atoms with Crippen LogP contribution in [0.1, 0.15) is 12.5 Å². The molecule has 0 saturated carbocycles. The molecule has 1 atom stereocenters. The molecule has 2 N–H and O–H groups in total. The van der Waals surface area contributed by atoms with Crippen LogP contribution < -0.4 is 10.6 Å². The second kappa shape index (κ2) is 3.62. The average Bonchev–Trinajstić information content (AvgIpc) is 2.23. The van der Waals surface area contributed by atoms with Gasteiger partial charge in [0, 0.05) is 18.7 Å². The highest BCUT2D eigenvalue weighted by Gasteiger charge is 2.38. The highest BCUT2D eigenvalue weighted by Crippen LogP contribution is 2.24. The number of carbonyl (C=O) groups is 1. The minimum atomic E-state index is -0.955. The third-order valence-electron chi connectivity index (χ3n) is 2.76. The minimum Gasteiger partial charge on any atom is -0.353 e. The third kappa shape index (κ3) is 1.61. The van der Waals surface area contributed by atoms with Crippen molar-refractivity contribution < 1.29 is 9.18 Å². The van der Waals surface area contributed by atoms with Gasteiger partial charge in [-0.15, -0.1) is 0 Å². The van der Waals surface area contributed by atoms with Crippen molar-refractivity contribution in [1.29, 1.82) is 0 Å². The molecule has 1 aromatic rings. The van der Waals surface area contributed by atoms with Crippen LogP contribution in [0.15, 0.2) is 24.3 Å². The van der Waals surface area contributed by atoms with Gasteiger partial charge in [-0.1, -0.05) is 18.2 Å². The number of hydrogen-bond donors (Lipinski definition) is 2. The van der Waals surface area contributed by atoms with Crippen molar-refractivity contribution in [2.75, 3.05) is 13.1 Å². The van der Waals surface area contributed by atoms with Crippen LogP contribution in [0, 0.1) is 5.82 Å². The minimum absolute atomic E-state index is 0.182. The zero-order chi connectivity index (χ0) is 10.9. The molecular weight excluding hydrogens is 195 g/mol. The smallest absolute Gasteiger partial charge is 0.244 e. The molecule has 0 spiro atoms. The molecule has 0 aliphatic carbocycles. The Kier molecular flexibility index (Phi) is 2.44. The maximum Gasteiger partial charge on any atom is 0.244 e. The lowest BCUT2D eigenvalue weighted by atomic mass is 9.89. The number of piperazine rings is 1. The number of hydrogen-bond acceptors (Lipinski definition) is 2. The molecule has 0 bridgehead atoms. The number of halogens is 1. The van der Waals surface area contributed by atoms with Gasteiger partial charge in [0.15, 0.2) is 0 Å². The molecule has 1 unspecified atom stereocenters. The standard InChI is InChI=1S/C11H13FN2O/c1-11(10(15)13-6-7-14-11)8-4-2-3-5-9(8)12/h2-5,14H,6-7H2,1H3,(H,13,15). The zero-order valence-corrected chi connectivity index (χ0v) is 8.51. The van der Waals surface area contributed by atoms with Crippen LogP contribution >= 0.6 is 0 Å². The molecule has 80 valence electrons. The summed E-state index contributed by atoms with van der Waals surface area (Å²) in [5, 5.41) is 5.78. The van der Waals surface area contributed by atoms with Crippen molar-refractivity contribution >= 4 is 5.91 Å². The van der Waals surface area contributed by atoms with Crippen LogP contribution in [-0.2, 0) is 10.3 Å². The summed E-state index contributed by atoms with van der Waals surface area (Å²) in [5.74, 6) is -0.539. The third-order valence-corrected chi connectivity index (χ3v) is 2.76. The molecular formula is C11H13FN2O. The Balaban J connectivity index is 2.44. The van der Waals surface area contributed by atoms with E-state index >= 15 is 0 Å². The van der Waals surface area contributed by atoms with Crippen molar-refractivity contribution in [3.63, 3.8) is 0 Å². The Hall–Kier alpha value is -1.42. The van der Waals surface area contributed by atoms with Gasteiger partial charge in [-0.3, -0.25) is 10.1 Å². The van der Waals surface area contributed by atoms with E-state index in [2.05, 4.69) is 10.6 Å². The number of benzene rings is 1. The summed E-state index contributed by atoms with van der Waals surface area (Å²) in [4.78, 5) is 11.7. The monoisotopic (exact) mass is 208 g/mol. The normalized spacial score (nSPS) is 26.1. The quantitative estimate of drug-likeness (QED) is 0.715. The maximum atomic E-state index is 13.6. The predicted molar refractivity (Wildman–Crippen MR) is 54.8 cm³/mol. The van der Waals surface area contributed by atoms with Crippen LogP contribution in [0.25, 0.3) is 0 Å². The molecule has 1 fully saturated rings. The van der Waals surface area contributed by atoms with E-state index in [1.165, 1.54) is 6.07 Å². The van der Waals surface area contributed by atoms with Gasteiger partial charge in [-0.05, 0) is 13.0 Å². The van der Waals surface area contributed by atoms with Gasteiger partial charge in [0.05, 0.1) is 0 Å². The van der Waals surface area contributed by atoms with E-state index in [1.807, 2.05) is 0 Å². The van der Waals surface area contributed by atoms with E-state index in [4.69, 9.17) is 0 Å². The summed E-state index contributed by atoms with van der Waals surface area (Å²) in [6, 6.07) is 6.34. The predicted octanol–water partition coefficient (Wildman–Crippen LogP) is 0.760. The van der Waals surface area contributed by atoms with Gasteiger partial charge in [0.1, 0.15) is 11.4 Å². The van der Waals surface area contributed by atoms with Crippen molar-refractivity contribution in [3.05, 3.63) is 35.6 Å². The number of amides is 1. The fraction of sp³-hybridized carbons (Fsp3) is 0.364. The van der Waals surface area contributed by atoms with Crippen LogP contribution in [0.2, 0.25) is 0 Å². The van der Waals surface area contributed by atoms with Crippen LogP contribution in [-0.4, -0.2) is 19.0 Å². The molecule has 0 aromatic heterocycles. The van der Waals surface area contributed by atoms with E-state index in [9.17, 15) is 9.18 Å². The number of carbonyl (C=O) groups excluding carboxylic acids is 1. The lowest BCUT2D eigenvalue weighted by Gasteiger charge is -2.34. The molecule has 3 nitrogen and oxygen atoms in total. The van der Waals surface area contributed by atoms with Gasteiger partial charge in [-0.2, -0.15) is 0 Å². The Morgan fingerprint density at radius 3 is 2.73 bits per heavy atom.